The van der Waals surface area contributed by atoms with Crippen LogP contribution in [0, 0.1) is 0 Å². The minimum absolute atomic E-state index is 0.0426. The lowest BCUT2D eigenvalue weighted by Crippen LogP contribution is -2.39. The Hall–Kier alpha value is -1.39. The van der Waals surface area contributed by atoms with Crippen molar-refractivity contribution in [1.82, 2.24) is 10.2 Å². The molecule has 1 amide bonds. The zero-order chi connectivity index (χ0) is 14.4. The first-order valence-electron chi connectivity index (χ1n) is 7.43. The molecular weight excluding hydrogens is 250 g/mol. The van der Waals surface area contributed by atoms with E-state index in [0.29, 0.717) is 0 Å². The van der Waals surface area contributed by atoms with Gasteiger partial charge in [0.05, 0.1) is 6.04 Å². The van der Waals surface area contributed by atoms with Crippen molar-refractivity contribution in [1.29, 1.82) is 0 Å². The van der Waals surface area contributed by atoms with Crippen molar-refractivity contribution in [2.45, 2.75) is 38.3 Å². The highest BCUT2D eigenvalue weighted by Gasteiger charge is 2.19. The summed E-state index contributed by atoms with van der Waals surface area (Å²) in [6.07, 6.45) is 4.45. The molecule has 1 aromatic carbocycles. The molecule has 1 aliphatic rings. The molecule has 0 saturated carbocycles. The van der Waals surface area contributed by atoms with Crippen LogP contribution in [-0.4, -0.2) is 37.5 Å². The fraction of sp³-hybridized carbons (Fsp3) is 0.562. The zero-order valence-corrected chi connectivity index (χ0v) is 12.5. The molecule has 110 valence electrons. The average Bonchev–Trinajstić information content (AvgIpc) is 2.69. The first-order valence-corrected chi connectivity index (χ1v) is 7.43. The molecule has 1 saturated heterocycles. The van der Waals surface area contributed by atoms with Crippen molar-refractivity contribution in [3.63, 3.8) is 0 Å². The third kappa shape index (κ3) is 4.62. The van der Waals surface area contributed by atoms with Gasteiger partial charge in [-0.05, 0) is 51.2 Å². The zero-order valence-electron chi connectivity index (χ0n) is 12.5. The number of carbonyl (C=O) groups excluding carboxylic acids is 1. The summed E-state index contributed by atoms with van der Waals surface area (Å²) in [5.74, 6) is 0.0901. The maximum absolute atomic E-state index is 12.2. The summed E-state index contributed by atoms with van der Waals surface area (Å²) in [5.41, 5.74) is 2.13. The predicted octanol–water partition coefficient (Wildman–Crippen LogP) is 2.22. The maximum atomic E-state index is 12.2. The SMILES string of the molecule is CN(C)Cc1ccc(NC(=O)C2CCCCCN2)cc1. The lowest BCUT2D eigenvalue weighted by molar-refractivity contribution is -0.118. The number of nitrogens with one attached hydrogen (secondary N) is 2. The maximum Gasteiger partial charge on any atom is 0.241 e. The lowest BCUT2D eigenvalue weighted by Gasteiger charge is -2.16. The summed E-state index contributed by atoms with van der Waals surface area (Å²) in [4.78, 5) is 14.3. The van der Waals surface area contributed by atoms with Crippen LogP contribution in [0.5, 0.6) is 0 Å². The molecule has 2 N–H and O–H groups in total. The number of rotatable bonds is 4. The number of hydrogen-bond donors (Lipinski definition) is 2. The lowest BCUT2D eigenvalue weighted by atomic mass is 10.1. The molecule has 0 aliphatic carbocycles. The van der Waals surface area contributed by atoms with Gasteiger partial charge in [-0.3, -0.25) is 4.79 Å². The third-order valence-electron chi connectivity index (χ3n) is 3.60. The van der Waals surface area contributed by atoms with Crippen LogP contribution in [0.4, 0.5) is 5.69 Å². The molecule has 2 rings (SSSR count). The van der Waals surface area contributed by atoms with Gasteiger partial charge in [0.2, 0.25) is 5.91 Å². The minimum Gasteiger partial charge on any atom is -0.325 e. The molecule has 1 unspecified atom stereocenters. The van der Waals surface area contributed by atoms with Crippen LogP contribution >= 0.6 is 0 Å². The van der Waals surface area contributed by atoms with E-state index in [1.165, 1.54) is 18.4 Å². The smallest absolute Gasteiger partial charge is 0.241 e. The second kappa shape index (κ2) is 7.41. The predicted molar refractivity (Wildman–Crippen MR) is 82.7 cm³/mol. The standard InChI is InChI=1S/C16H25N3O/c1-19(2)12-13-7-9-14(10-8-13)18-16(20)15-6-4-3-5-11-17-15/h7-10,15,17H,3-6,11-12H2,1-2H3,(H,18,20). The first-order chi connectivity index (χ1) is 9.65. The second-order valence-electron chi connectivity index (χ2n) is 5.78. The van der Waals surface area contributed by atoms with Crippen LogP contribution in [0.25, 0.3) is 0 Å². The number of carbonyl (C=O) groups is 1. The number of benzene rings is 1. The summed E-state index contributed by atoms with van der Waals surface area (Å²) in [6, 6.07) is 8.05. The summed E-state index contributed by atoms with van der Waals surface area (Å²) < 4.78 is 0. The average molecular weight is 275 g/mol. The second-order valence-corrected chi connectivity index (χ2v) is 5.78. The van der Waals surface area contributed by atoms with Crippen molar-refractivity contribution < 1.29 is 4.79 Å². The highest BCUT2D eigenvalue weighted by molar-refractivity contribution is 5.94. The molecule has 4 heteroatoms. The van der Waals surface area contributed by atoms with Gasteiger partial charge < -0.3 is 15.5 Å². The fourth-order valence-electron chi connectivity index (χ4n) is 2.54. The van der Waals surface area contributed by atoms with Crippen LogP contribution in [0.15, 0.2) is 24.3 Å². The molecule has 0 spiro atoms. The number of hydrogen-bond acceptors (Lipinski definition) is 3. The van der Waals surface area contributed by atoms with Gasteiger partial charge in [-0.25, -0.2) is 0 Å². The third-order valence-corrected chi connectivity index (χ3v) is 3.60. The Morgan fingerprint density at radius 2 is 2.00 bits per heavy atom. The van der Waals surface area contributed by atoms with E-state index in [1.54, 1.807) is 0 Å². The summed E-state index contributed by atoms with van der Waals surface area (Å²) >= 11 is 0. The first kappa shape index (κ1) is 15.0. The van der Waals surface area contributed by atoms with E-state index in [9.17, 15) is 4.79 Å². The molecule has 1 atom stereocenters. The topological polar surface area (TPSA) is 44.4 Å². The monoisotopic (exact) mass is 275 g/mol. The highest BCUT2D eigenvalue weighted by Crippen LogP contribution is 2.13. The van der Waals surface area contributed by atoms with E-state index in [0.717, 1.165) is 31.6 Å². The van der Waals surface area contributed by atoms with Crippen molar-refractivity contribution in [2.75, 3.05) is 26.0 Å². The van der Waals surface area contributed by atoms with E-state index in [2.05, 4.69) is 27.7 Å². The van der Waals surface area contributed by atoms with Gasteiger partial charge in [0, 0.05) is 12.2 Å². The van der Waals surface area contributed by atoms with Gasteiger partial charge in [-0.15, -0.1) is 0 Å². The molecule has 1 fully saturated rings. The normalized spacial score (nSPS) is 19.6. The summed E-state index contributed by atoms with van der Waals surface area (Å²) in [7, 11) is 4.10. The Morgan fingerprint density at radius 3 is 2.70 bits per heavy atom. The molecule has 0 aromatic heterocycles. The van der Waals surface area contributed by atoms with Crippen LogP contribution in [0.3, 0.4) is 0 Å². The van der Waals surface area contributed by atoms with Crippen LogP contribution in [-0.2, 0) is 11.3 Å². The Balaban J connectivity index is 1.90. The van der Waals surface area contributed by atoms with Crippen molar-refractivity contribution in [3.8, 4) is 0 Å². The largest absolute Gasteiger partial charge is 0.325 e. The molecule has 1 aliphatic heterocycles. The van der Waals surface area contributed by atoms with Crippen molar-refractivity contribution in [2.24, 2.45) is 0 Å². The molecular formula is C16H25N3O. The van der Waals surface area contributed by atoms with E-state index >= 15 is 0 Å². The van der Waals surface area contributed by atoms with Crippen LogP contribution < -0.4 is 10.6 Å². The minimum atomic E-state index is -0.0426. The van der Waals surface area contributed by atoms with Gasteiger partial charge in [0.25, 0.3) is 0 Å². The van der Waals surface area contributed by atoms with Crippen molar-refractivity contribution >= 4 is 11.6 Å². The molecule has 20 heavy (non-hydrogen) atoms. The summed E-state index contributed by atoms with van der Waals surface area (Å²) in [6.45, 7) is 1.86. The molecule has 4 nitrogen and oxygen atoms in total. The van der Waals surface area contributed by atoms with E-state index in [1.807, 2.05) is 26.2 Å². The van der Waals surface area contributed by atoms with E-state index < -0.39 is 0 Å². The molecule has 0 bridgehead atoms. The number of anilines is 1. The molecule has 0 radical (unpaired) electrons. The Bertz CT molecular complexity index is 420. The highest BCUT2D eigenvalue weighted by atomic mass is 16.2. The molecule has 1 heterocycles. The summed E-state index contributed by atoms with van der Waals surface area (Å²) in [5, 5.41) is 6.33. The van der Waals surface area contributed by atoms with Gasteiger partial charge in [0.15, 0.2) is 0 Å². The van der Waals surface area contributed by atoms with Crippen LogP contribution in [0.2, 0.25) is 0 Å². The van der Waals surface area contributed by atoms with E-state index in [4.69, 9.17) is 0 Å². The van der Waals surface area contributed by atoms with Gasteiger partial charge in [-0.1, -0.05) is 25.0 Å². The number of amides is 1. The Kier molecular flexibility index (Phi) is 5.56. The van der Waals surface area contributed by atoms with Crippen molar-refractivity contribution in [3.05, 3.63) is 29.8 Å². The van der Waals surface area contributed by atoms with Gasteiger partial charge >= 0.3 is 0 Å². The Morgan fingerprint density at radius 1 is 1.25 bits per heavy atom. The van der Waals surface area contributed by atoms with Gasteiger partial charge in [-0.2, -0.15) is 0 Å². The number of nitrogens with zero attached hydrogens (tertiary/aromatic N) is 1. The molecule has 1 aromatic rings. The van der Waals surface area contributed by atoms with Gasteiger partial charge in [0.1, 0.15) is 0 Å². The quantitative estimate of drug-likeness (QED) is 0.885. The Labute approximate surface area is 121 Å². The van der Waals surface area contributed by atoms with E-state index in [-0.39, 0.29) is 11.9 Å². The van der Waals surface area contributed by atoms with Crippen LogP contribution in [0.1, 0.15) is 31.2 Å². The fourth-order valence-corrected chi connectivity index (χ4v) is 2.54.